The first kappa shape index (κ1) is 15.5. The molecule has 0 aliphatic rings. The third-order valence-corrected chi connectivity index (χ3v) is 3.00. The maximum absolute atomic E-state index is 13.3. The Morgan fingerprint density at radius 2 is 2.11 bits per heavy atom. The van der Waals surface area contributed by atoms with Crippen LogP contribution >= 0.6 is 0 Å². The van der Waals surface area contributed by atoms with Crippen molar-refractivity contribution in [3.63, 3.8) is 0 Å². The highest BCUT2D eigenvalue weighted by molar-refractivity contribution is 5.77. The molecule has 0 heterocycles. The summed E-state index contributed by atoms with van der Waals surface area (Å²) >= 11 is 0. The van der Waals surface area contributed by atoms with E-state index in [1.54, 1.807) is 13.0 Å². The van der Waals surface area contributed by atoms with Gasteiger partial charge in [-0.05, 0) is 30.5 Å². The van der Waals surface area contributed by atoms with Gasteiger partial charge in [0, 0.05) is 6.54 Å². The van der Waals surface area contributed by atoms with Crippen molar-refractivity contribution in [1.82, 2.24) is 5.32 Å². The molecule has 3 N–H and O–H groups in total. The minimum absolute atomic E-state index is 0.196. The van der Waals surface area contributed by atoms with Gasteiger partial charge in [-0.3, -0.25) is 0 Å². The lowest BCUT2D eigenvalue weighted by Gasteiger charge is -2.05. The summed E-state index contributed by atoms with van der Waals surface area (Å²) in [7, 11) is 0. The number of halogens is 1. The van der Waals surface area contributed by atoms with Crippen LogP contribution in [-0.4, -0.2) is 12.5 Å². The third-order valence-electron chi connectivity index (χ3n) is 3.00. The molecule has 0 aliphatic heterocycles. The Labute approximate surface area is 115 Å². The summed E-state index contributed by atoms with van der Waals surface area (Å²) in [5.41, 5.74) is 7.23. The lowest BCUT2D eigenvalue weighted by Crippen LogP contribution is -2.32. The van der Waals surface area contributed by atoms with Gasteiger partial charge in [-0.25, -0.2) is 9.38 Å². The van der Waals surface area contributed by atoms with E-state index in [1.165, 1.54) is 25.3 Å². The number of nitrogens with one attached hydrogen (secondary N) is 1. The van der Waals surface area contributed by atoms with E-state index >= 15 is 0 Å². The third kappa shape index (κ3) is 6.22. The molecule has 0 atom stereocenters. The summed E-state index contributed by atoms with van der Waals surface area (Å²) in [6.45, 7) is 5.18. The predicted molar refractivity (Wildman–Crippen MR) is 78.6 cm³/mol. The fraction of sp³-hybridized carbons (Fsp3) is 0.533. The molecular formula is C15H24FN3. The lowest BCUT2D eigenvalue weighted by molar-refractivity contribution is 0.616. The van der Waals surface area contributed by atoms with Gasteiger partial charge in [-0.2, -0.15) is 0 Å². The molecule has 1 aromatic carbocycles. The van der Waals surface area contributed by atoms with Crippen LogP contribution in [0.25, 0.3) is 0 Å². The van der Waals surface area contributed by atoms with Crippen LogP contribution < -0.4 is 11.1 Å². The van der Waals surface area contributed by atoms with Crippen LogP contribution in [0.1, 0.15) is 43.7 Å². The molecule has 3 nitrogen and oxygen atoms in total. The Morgan fingerprint density at radius 3 is 2.79 bits per heavy atom. The second kappa shape index (κ2) is 8.51. The van der Waals surface area contributed by atoms with Crippen LogP contribution in [0.2, 0.25) is 0 Å². The van der Waals surface area contributed by atoms with Crippen LogP contribution in [0, 0.1) is 12.7 Å². The van der Waals surface area contributed by atoms with E-state index in [9.17, 15) is 4.39 Å². The van der Waals surface area contributed by atoms with Gasteiger partial charge >= 0.3 is 0 Å². The van der Waals surface area contributed by atoms with Gasteiger partial charge in [0.25, 0.3) is 0 Å². The number of nitrogens with two attached hydrogens (primary N) is 1. The number of guanidine groups is 1. The molecular weight excluding hydrogens is 241 g/mol. The Balaban J connectivity index is 2.32. The molecule has 0 saturated heterocycles. The van der Waals surface area contributed by atoms with Crippen LogP contribution in [0.4, 0.5) is 4.39 Å². The van der Waals surface area contributed by atoms with Crippen LogP contribution in [-0.2, 0) is 6.54 Å². The molecule has 0 saturated carbocycles. The van der Waals surface area contributed by atoms with Gasteiger partial charge in [0.05, 0.1) is 6.54 Å². The minimum atomic E-state index is -0.196. The van der Waals surface area contributed by atoms with E-state index in [2.05, 4.69) is 17.2 Å². The first-order valence-corrected chi connectivity index (χ1v) is 6.92. The van der Waals surface area contributed by atoms with E-state index in [4.69, 9.17) is 5.73 Å². The van der Waals surface area contributed by atoms with Crippen molar-refractivity contribution in [3.05, 3.63) is 35.1 Å². The number of unbranched alkanes of at least 4 members (excludes halogenated alkanes) is 3. The van der Waals surface area contributed by atoms with Crippen LogP contribution in [0.5, 0.6) is 0 Å². The highest BCUT2D eigenvalue weighted by Crippen LogP contribution is 2.09. The van der Waals surface area contributed by atoms with Gasteiger partial charge in [0.1, 0.15) is 5.82 Å². The highest BCUT2D eigenvalue weighted by Gasteiger charge is 1.99. The molecule has 0 spiro atoms. The predicted octanol–water partition coefficient (Wildman–Crippen LogP) is 3.12. The van der Waals surface area contributed by atoms with Crippen LogP contribution in [0.15, 0.2) is 23.2 Å². The monoisotopic (exact) mass is 265 g/mol. The molecule has 1 rings (SSSR count). The lowest BCUT2D eigenvalue weighted by atomic mass is 10.1. The Kier molecular flexibility index (Phi) is 6.93. The largest absolute Gasteiger partial charge is 0.370 e. The molecule has 4 heteroatoms. The normalized spacial score (nSPS) is 11.6. The zero-order valence-corrected chi connectivity index (χ0v) is 11.9. The van der Waals surface area contributed by atoms with Gasteiger partial charge in [-0.15, -0.1) is 0 Å². The molecule has 0 aromatic heterocycles. The van der Waals surface area contributed by atoms with Crippen molar-refractivity contribution < 1.29 is 4.39 Å². The van der Waals surface area contributed by atoms with Crippen LogP contribution in [0.3, 0.4) is 0 Å². The fourth-order valence-electron chi connectivity index (χ4n) is 1.74. The number of hydrogen-bond acceptors (Lipinski definition) is 1. The Bertz CT molecular complexity index is 416. The number of rotatable bonds is 7. The molecule has 0 aliphatic carbocycles. The first-order chi connectivity index (χ1) is 9.13. The van der Waals surface area contributed by atoms with E-state index in [0.29, 0.717) is 18.1 Å². The van der Waals surface area contributed by atoms with Crippen molar-refractivity contribution in [2.75, 3.05) is 6.54 Å². The smallest absolute Gasteiger partial charge is 0.188 e. The molecule has 0 unspecified atom stereocenters. The summed E-state index contributed by atoms with van der Waals surface area (Å²) in [5, 5.41) is 3.07. The van der Waals surface area contributed by atoms with Gasteiger partial charge in [-0.1, -0.05) is 38.3 Å². The van der Waals surface area contributed by atoms with Crippen molar-refractivity contribution >= 4 is 5.96 Å². The molecule has 0 radical (unpaired) electrons. The van der Waals surface area contributed by atoms with Gasteiger partial charge in [0.15, 0.2) is 5.96 Å². The first-order valence-electron chi connectivity index (χ1n) is 6.92. The molecule has 0 fully saturated rings. The molecule has 1 aromatic rings. The zero-order chi connectivity index (χ0) is 14.1. The topological polar surface area (TPSA) is 50.4 Å². The average molecular weight is 265 g/mol. The van der Waals surface area contributed by atoms with Crippen molar-refractivity contribution in [2.45, 2.75) is 46.1 Å². The van der Waals surface area contributed by atoms with E-state index in [-0.39, 0.29) is 5.82 Å². The van der Waals surface area contributed by atoms with Gasteiger partial charge in [0.2, 0.25) is 0 Å². The van der Waals surface area contributed by atoms with E-state index in [0.717, 1.165) is 18.5 Å². The quantitative estimate of drug-likeness (QED) is 0.452. The molecule has 106 valence electrons. The van der Waals surface area contributed by atoms with Crippen molar-refractivity contribution in [1.29, 1.82) is 0 Å². The fourth-order valence-corrected chi connectivity index (χ4v) is 1.74. The SMILES string of the molecule is CCCCCCNC(N)=NCc1ccc(C)c(F)c1. The maximum atomic E-state index is 13.3. The number of nitrogens with zero attached hydrogens (tertiary/aromatic N) is 1. The Hall–Kier alpha value is -1.58. The Morgan fingerprint density at radius 1 is 1.32 bits per heavy atom. The molecule has 0 amide bonds. The summed E-state index contributed by atoms with van der Waals surface area (Å²) in [6, 6.07) is 5.14. The molecule has 0 bridgehead atoms. The average Bonchev–Trinajstić information content (AvgIpc) is 2.40. The van der Waals surface area contributed by atoms with E-state index < -0.39 is 0 Å². The summed E-state index contributed by atoms with van der Waals surface area (Å²) in [5.74, 6) is 0.233. The highest BCUT2D eigenvalue weighted by atomic mass is 19.1. The summed E-state index contributed by atoms with van der Waals surface area (Å²) < 4.78 is 13.3. The minimum Gasteiger partial charge on any atom is -0.370 e. The second-order valence-electron chi connectivity index (χ2n) is 4.77. The van der Waals surface area contributed by atoms with E-state index in [1.807, 2.05) is 6.07 Å². The maximum Gasteiger partial charge on any atom is 0.188 e. The number of aliphatic imine (C=N–C) groups is 1. The number of benzene rings is 1. The second-order valence-corrected chi connectivity index (χ2v) is 4.77. The number of hydrogen-bond donors (Lipinski definition) is 2. The van der Waals surface area contributed by atoms with Gasteiger partial charge < -0.3 is 11.1 Å². The zero-order valence-electron chi connectivity index (χ0n) is 11.9. The van der Waals surface area contributed by atoms with Crippen molar-refractivity contribution in [2.24, 2.45) is 10.7 Å². The van der Waals surface area contributed by atoms with Crippen molar-refractivity contribution in [3.8, 4) is 0 Å². The summed E-state index contributed by atoms with van der Waals surface area (Å²) in [6.07, 6.45) is 4.78. The molecule has 19 heavy (non-hydrogen) atoms. The standard InChI is InChI=1S/C15H24FN3/c1-3-4-5-6-9-18-15(17)19-11-13-8-7-12(2)14(16)10-13/h7-8,10H,3-6,9,11H2,1-2H3,(H3,17,18,19). The summed E-state index contributed by atoms with van der Waals surface area (Å²) in [4.78, 5) is 4.20. The number of aryl methyl sites for hydroxylation is 1.